The van der Waals surface area contributed by atoms with Crippen molar-refractivity contribution in [3.8, 4) is 0 Å². The van der Waals surface area contributed by atoms with Gasteiger partial charge >= 0.3 is 0 Å². The Hall–Kier alpha value is -3.15. The Balaban J connectivity index is 1.32. The maximum Gasteiger partial charge on any atom is 0.243 e. The van der Waals surface area contributed by atoms with Crippen LogP contribution in [-0.2, 0) is 22.6 Å². The molecule has 2 aliphatic carbocycles. The number of aromatic nitrogens is 2. The van der Waals surface area contributed by atoms with Gasteiger partial charge in [-0.15, -0.1) is 0 Å². The maximum atomic E-state index is 14.3. The first-order valence-electron chi connectivity index (χ1n) is 15.3. The molecule has 1 unspecified atom stereocenters. The van der Waals surface area contributed by atoms with E-state index < -0.39 is 0 Å². The van der Waals surface area contributed by atoms with Gasteiger partial charge in [0, 0.05) is 36.7 Å². The predicted molar refractivity (Wildman–Crippen MR) is 156 cm³/mol. The minimum absolute atomic E-state index is 0.0413. The smallest absolute Gasteiger partial charge is 0.243 e. The highest BCUT2D eigenvalue weighted by molar-refractivity contribution is 5.97. The number of para-hydroxylation sites is 3. The predicted octanol–water partition coefficient (Wildman–Crippen LogP) is 6.61. The van der Waals surface area contributed by atoms with Crippen LogP contribution in [0.1, 0.15) is 94.9 Å². The van der Waals surface area contributed by atoms with Crippen LogP contribution in [0, 0.1) is 0 Å². The molecular formula is C33H42N4O2. The van der Waals surface area contributed by atoms with E-state index in [4.69, 9.17) is 4.98 Å². The lowest BCUT2D eigenvalue weighted by Gasteiger charge is -2.42. The molecule has 6 heteroatoms. The van der Waals surface area contributed by atoms with E-state index in [1.807, 2.05) is 35.2 Å². The van der Waals surface area contributed by atoms with Gasteiger partial charge in [0.25, 0.3) is 0 Å². The summed E-state index contributed by atoms with van der Waals surface area (Å²) in [4.78, 5) is 36.9. The van der Waals surface area contributed by atoms with Gasteiger partial charge in [-0.25, -0.2) is 4.98 Å². The standard InChI is InChI=1S/C33H42N4O2/c1-2-24-13-9-11-19-29(24)35-22-25(21-31(35)38)33-34-28-18-10-12-20-30(28)36(33)23-32(39)37(26-14-5-3-6-15-26)27-16-7-4-8-17-27/h9-13,18-20,25-27H,2-8,14-17,21-23H2,1H3. The van der Waals surface area contributed by atoms with E-state index in [1.54, 1.807) is 0 Å². The largest absolute Gasteiger partial charge is 0.335 e. The molecule has 2 aromatic carbocycles. The van der Waals surface area contributed by atoms with E-state index in [1.165, 1.54) is 44.1 Å². The van der Waals surface area contributed by atoms with Crippen LogP contribution in [0.25, 0.3) is 11.0 Å². The van der Waals surface area contributed by atoms with Crippen LogP contribution in [0.2, 0.25) is 0 Å². The Morgan fingerprint density at radius 1 is 0.897 bits per heavy atom. The van der Waals surface area contributed by atoms with Gasteiger partial charge in [0.2, 0.25) is 11.8 Å². The van der Waals surface area contributed by atoms with E-state index in [2.05, 4.69) is 34.6 Å². The Morgan fingerprint density at radius 2 is 1.54 bits per heavy atom. The first-order valence-corrected chi connectivity index (χ1v) is 15.3. The topological polar surface area (TPSA) is 58.4 Å². The fourth-order valence-electron chi connectivity index (χ4n) is 7.40. The minimum Gasteiger partial charge on any atom is -0.335 e. The van der Waals surface area contributed by atoms with Gasteiger partial charge in [0.05, 0.1) is 11.0 Å². The molecule has 6 nitrogen and oxygen atoms in total. The number of nitrogens with zero attached hydrogens (tertiary/aromatic N) is 4. The van der Waals surface area contributed by atoms with Gasteiger partial charge in [-0.3, -0.25) is 9.59 Å². The Labute approximate surface area is 232 Å². The zero-order valence-corrected chi connectivity index (χ0v) is 23.4. The second kappa shape index (κ2) is 11.5. The van der Waals surface area contributed by atoms with Crippen molar-refractivity contribution in [2.45, 2.75) is 109 Å². The molecule has 6 rings (SSSR count). The summed E-state index contributed by atoms with van der Waals surface area (Å²) in [5.74, 6) is 1.20. The molecular weight excluding hydrogens is 484 g/mol. The van der Waals surface area contributed by atoms with Crippen LogP contribution in [-0.4, -0.2) is 44.9 Å². The Bertz CT molecular complexity index is 1300. The van der Waals surface area contributed by atoms with Gasteiger partial charge in [-0.2, -0.15) is 0 Å². The summed E-state index contributed by atoms with van der Waals surface area (Å²) >= 11 is 0. The number of amides is 2. The fraction of sp³-hybridized carbons (Fsp3) is 0.545. The summed E-state index contributed by atoms with van der Waals surface area (Å²) in [5.41, 5.74) is 4.09. The molecule has 3 fully saturated rings. The Kier molecular flexibility index (Phi) is 7.71. The molecule has 1 aliphatic heterocycles. The normalized spacial score (nSPS) is 21.1. The summed E-state index contributed by atoms with van der Waals surface area (Å²) in [6.45, 7) is 3.04. The van der Waals surface area contributed by atoms with Gasteiger partial charge in [0.15, 0.2) is 0 Å². The second-order valence-electron chi connectivity index (χ2n) is 11.8. The number of aryl methyl sites for hydroxylation is 1. The van der Waals surface area contributed by atoms with E-state index in [0.29, 0.717) is 31.6 Å². The van der Waals surface area contributed by atoms with E-state index in [-0.39, 0.29) is 17.7 Å². The zero-order chi connectivity index (χ0) is 26.8. The van der Waals surface area contributed by atoms with Crippen molar-refractivity contribution in [2.24, 2.45) is 0 Å². The number of hydrogen-bond donors (Lipinski definition) is 0. The lowest BCUT2D eigenvalue weighted by Crippen LogP contribution is -2.50. The molecule has 2 saturated carbocycles. The third-order valence-corrected chi connectivity index (χ3v) is 9.36. The summed E-state index contributed by atoms with van der Waals surface area (Å²) < 4.78 is 2.14. The highest BCUT2D eigenvalue weighted by Crippen LogP contribution is 2.36. The molecule has 0 spiro atoms. The highest BCUT2D eigenvalue weighted by Gasteiger charge is 2.37. The second-order valence-corrected chi connectivity index (χ2v) is 11.8. The lowest BCUT2D eigenvalue weighted by molar-refractivity contribution is -0.138. The van der Waals surface area contributed by atoms with Crippen molar-refractivity contribution in [3.05, 3.63) is 59.9 Å². The molecule has 0 bridgehead atoms. The summed E-state index contributed by atoms with van der Waals surface area (Å²) in [6.07, 6.45) is 13.3. The molecule has 206 valence electrons. The summed E-state index contributed by atoms with van der Waals surface area (Å²) in [5, 5.41) is 0. The molecule has 1 atom stereocenters. The zero-order valence-electron chi connectivity index (χ0n) is 23.4. The number of hydrogen-bond acceptors (Lipinski definition) is 3. The molecule has 2 amide bonds. The third kappa shape index (κ3) is 5.22. The average Bonchev–Trinajstić information content (AvgIpc) is 3.54. The van der Waals surface area contributed by atoms with Crippen molar-refractivity contribution < 1.29 is 9.59 Å². The number of anilines is 1. The Morgan fingerprint density at radius 3 is 2.23 bits per heavy atom. The fourth-order valence-corrected chi connectivity index (χ4v) is 7.40. The molecule has 3 aromatic rings. The molecule has 3 aliphatic rings. The van der Waals surface area contributed by atoms with Crippen molar-refractivity contribution in [2.75, 3.05) is 11.4 Å². The molecule has 1 saturated heterocycles. The number of carbonyl (C=O) groups is 2. The van der Waals surface area contributed by atoms with Crippen LogP contribution >= 0.6 is 0 Å². The van der Waals surface area contributed by atoms with Gasteiger partial charge in [-0.1, -0.05) is 75.8 Å². The molecule has 39 heavy (non-hydrogen) atoms. The maximum absolute atomic E-state index is 14.3. The molecule has 0 radical (unpaired) electrons. The minimum atomic E-state index is -0.0413. The summed E-state index contributed by atoms with van der Waals surface area (Å²) in [6, 6.07) is 17.1. The van der Waals surface area contributed by atoms with E-state index in [9.17, 15) is 9.59 Å². The first kappa shape index (κ1) is 26.1. The van der Waals surface area contributed by atoms with Crippen LogP contribution in [0.3, 0.4) is 0 Å². The van der Waals surface area contributed by atoms with E-state index >= 15 is 0 Å². The van der Waals surface area contributed by atoms with Crippen LogP contribution < -0.4 is 4.90 Å². The lowest BCUT2D eigenvalue weighted by atomic mass is 9.88. The summed E-state index contributed by atoms with van der Waals surface area (Å²) in [7, 11) is 0. The highest BCUT2D eigenvalue weighted by atomic mass is 16.2. The SMILES string of the molecule is CCc1ccccc1N1CC(c2nc3ccccc3n2CC(=O)N(C2CCCCC2)C2CCCCC2)CC1=O. The van der Waals surface area contributed by atoms with Gasteiger partial charge < -0.3 is 14.4 Å². The van der Waals surface area contributed by atoms with Crippen molar-refractivity contribution in [1.82, 2.24) is 14.5 Å². The first-order chi connectivity index (χ1) is 19.1. The number of imidazole rings is 1. The molecule has 0 N–H and O–H groups in total. The number of carbonyl (C=O) groups excluding carboxylic acids is 2. The average molecular weight is 527 g/mol. The van der Waals surface area contributed by atoms with Crippen molar-refractivity contribution in [3.63, 3.8) is 0 Å². The molecule has 1 aromatic heterocycles. The third-order valence-electron chi connectivity index (χ3n) is 9.36. The molecule has 2 heterocycles. The van der Waals surface area contributed by atoms with E-state index in [0.717, 1.165) is 54.6 Å². The number of fused-ring (bicyclic) bond motifs is 1. The van der Waals surface area contributed by atoms with Gasteiger partial charge in [0.1, 0.15) is 12.4 Å². The van der Waals surface area contributed by atoms with Crippen molar-refractivity contribution in [1.29, 1.82) is 0 Å². The van der Waals surface area contributed by atoms with Crippen LogP contribution in [0.4, 0.5) is 5.69 Å². The van der Waals surface area contributed by atoms with Crippen molar-refractivity contribution >= 4 is 28.5 Å². The number of rotatable bonds is 7. The monoisotopic (exact) mass is 526 g/mol. The van der Waals surface area contributed by atoms with Crippen LogP contribution in [0.15, 0.2) is 48.5 Å². The van der Waals surface area contributed by atoms with Crippen LogP contribution in [0.5, 0.6) is 0 Å². The van der Waals surface area contributed by atoms with Gasteiger partial charge in [-0.05, 0) is 55.9 Å². The quantitative estimate of drug-likeness (QED) is 0.348. The number of benzene rings is 2.